The Kier molecular flexibility index (Phi) is 2.25. The Morgan fingerprint density at radius 3 is 2.23 bits per heavy atom. The van der Waals surface area contributed by atoms with Crippen LogP contribution in [0, 0.1) is 0 Å². The van der Waals surface area contributed by atoms with Gasteiger partial charge >= 0.3 is 0 Å². The van der Waals surface area contributed by atoms with E-state index in [1.165, 1.54) is 10.8 Å². The molecule has 0 fully saturated rings. The van der Waals surface area contributed by atoms with Gasteiger partial charge in [-0.3, -0.25) is 0 Å². The van der Waals surface area contributed by atoms with Crippen molar-refractivity contribution in [3.05, 3.63) is 72.8 Å². The monoisotopic (exact) mass is 280 g/mol. The first-order chi connectivity index (χ1) is 10.9. The van der Waals surface area contributed by atoms with Gasteiger partial charge in [0.05, 0.1) is 11.0 Å². The molecule has 102 valence electrons. The van der Waals surface area contributed by atoms with Crippen LogP contribution in [-0.2, 0) is 0 Å². The molecule has 0 saturated carbocycles. The van der Waals surface area contributed by atoms with E-state index in [0.29, 0.717) is 0 Å². The predicted molar refractivity (Wildman–Crippen MR) is 92.1 cm³/mol. The molecule has 0 atom stereocenters. The second-order valence-corrected chi connectivity index (χ2v) is 5.57. The highest BCUT2D eigenvalue weighted by molar-refractivity contribution is 6.08. The molecule has 0 amide bonds. The van der Waals surface area contributed by atoms with Crippen LogP contribution in [0.4, 0.5) is 0 Å². The lowest BCUT2D eigenvalue weighted by atomic mass is 10.0. The maximum Gasteiger partial charge on any atom is 0.160 e. The Morgan fingerprint density at radius 1 is 0.545 bits per heavy atom. The summed E-state index contributed by atoms with van der Waals surface area (Å²) in [5.41, 5.74) is 2.82. The molecule has 0 aliphatic rings. The van der Waals surface area contributed by atoms with Gasteiger partial charge < -0.3 is 0 Å². The molecule has 5 rings (SSSR count). The molecule has 0 unspecified atom stereocenters. The second kappa shape index (κ2) is 4.25. The number of aromatic nitrogens is 2. The van der Waals surface area contributed by atoms with Crippen LogP contribution in [0.3, 0.4) is 0 Å². The van der Waals surface area contributed by atoms with Crippen LogP contribution in [0.15, 0.2) is 72.8 Å². The molecule has 3 aromatic carbocycles. The molecule has 0 aliphatic carbocycles. The fourth-order valence-electron chi connectivity index (χ4n) is 3.10. The van der Waals surface area contributed by atoms with Crippen molar-refractivity contribution >= 4 is 43.6 Å². The van der Waals surface area contributed by atoms with Gasteiger partial charge in [0.1, 0.15) is 0 Å². The molecule has 0 N–H and O–H groups in total. The van der Waals surface area contributed by atoms with Crippen LogP contribution in [0.5, 0.6) is 0 Å². The zero-order valence-electron chi connectivity index (χ0n) is 11.8. The van der Waals surface area contributed by atoms with Crippen molar-refractivity contribution in [3.63, 3.8) is 0 Å². The van der Waals surface area contributed by atoms with E-state index in [-0.39, 0.29) is 0 Å². The average Bonchev–Trinajstić information content (AvgIpc) is 2.58. The highest BCUT2D eigenvalue weighted by atomic mass is 14.8. The molecule has 2 aromatic heterocycles. The molecule has 2 heterocycles. The highest BCUT2D eigenvalue weighted by Gasteiger charge is 2.06. The third-order valence-corrected chi connectivity index (χ3v) is 4.19. The van der Waals surface area contributed by atoms with E-state index in [9.17, 15) is 0 Å². The van der Waals surface area contributed by atoms with E-state index >= 15 is 0 Å². The first-order valence-electron chi connectivity index (χ1n) is 7.36. The minimum absolute atomic E-state index is 0.808. The molecule has 0 bridgehead atoms. The summed E-state index contributed by atoms with van der Waals surface area (Å²) in [5.74, 6) is 0. The van der Waals surface area contributed by atoms with Gasteiger partial charge in [-0.05, 0) is 23.6 Å². The number of hydrogen-bond acceptors (Lipinski definition) is 2. The first kappa shape index (κ1) is 11.6. The van der Waals surface area contributed by atoms with E-state index in [0.717, 1.165) is 32.8 Å². The standard InChI is InChI=1S/C20H12N2/c1-3-7-17-13(5-1)9-10-15-12-16-11-14-6-2-4-8-18(14)21-20(16)22-19(15)17/h1-12H. The van der Waals surface area contributed by atoms with E-state index in [1.807, 2.05) is 18.2 Å². The van der Waals surface area contributed by atoms with Crippen molar-refractivity contribution in [3.8, 4) is 0 Å². The number of pyridine rings is 2. The van der Waals surface area contributed by atoms with Crippen molar-refractivity contribution in [2.75, 3.05) is 0 Å². The topological polar surface area (TPSA) is 25.8 Å². The third-order valence-electron chi connectivity index (χ3n) is 4.19. The summed E-state index contributed by atoms with van der Waals surface area (Å²) in [6, 6.07) is 25.2. The average molecular weight is 280 g/mol. The van der Waals surface area contributed by atoms with E-state index in [2.05, 4.69) is 54.6 Å². The second-order valence-electron chi connectivity index (χ2n) is 5.57. The lowest BCUT2D eigenvalue weighted by Crippen LogP contribution is -1.88. The molecular formula is C20H12N2. The Bertz CT molecular complexity index is 1170. The summed E-state index contributed by atoms with van der Waals surface area (Å²) >= 11 is 0. The Labute approximate surface area is 127 Å². The SMILES string of the molecule is c1ccc2nc3nc4c(ccc5ccccc54)cc3cc2c1. The number of benzene rings is 3. The smallest absolute Gasteiger partial charge is 0.160 e. The zero-order valence-corrected chi connectivity index (χ0v) is 11.8. The summed E-state index contributed by atoms with van der Waals surface area (Å²) in [5, 5.41) is 5.78. The maximum absolute atomic E-state index is 4.84. The molecule has 0 aliphatic heterocycles. The van der Waals surface area contributed by atoms with E-state index in [4.69, 9.17) is 9.97 Å². The first-order valence-corrected chi connectivity index (χ1v) is 7.36. The summed E-state index contributed by atoms with van der Waals surface area (Å²) in [4.78, 5) is 9.57. The zero-order chi connectivity index (χ0) is 14.5. The Balaban J connectivity index is 1.98. The third kappa shape index (κ3) is 1.61. The van der Waals surface area contributed by atoms with Crippen LogP contribution in [-0.4, -0.2) is 9.97 Å². The van der Waals surface area contributed by atoms with Crippen molar-refractivity contribution < 1.29 is 0 Å². The number of para-hydroxylation sites is 1. The molecule has 2 nitrogen and oxygen atoms in total. The molecule has 0 spiro atoms. The van der Waals surface area contributed by atoms with Gasteiger partial charge in [-0.2, -0.15) is 0 Å². The predicted octanol–water partition coefficient (Wildman–Crippen LogP) is 5.09. The van der Waals surface area contributed by atoms with Gasteiger partial charge in [0.15, 0.2) is 5.65 Å². The van der Waals surface area contributed by atoms with Gasteiger partial charge in [-0.1, -0.05) is 54.6 Å². The van der Waals surface area contributed by atoms with E-state index in [1.54, 1.807) is 0 Å². The van der Waals surface area contributed by atoms with Gasteiger partial charge in [0.2, 0.25) is 0 Å². The van der Waals surface area contributed by atoms with Crippen LogP contribution in [0.1, 0.15) is 0 Å². The number of nitrogens with zero attached hydrogens (tertiary/aromatic N) is 2. The highest BCUT2D eigenvalue weighted by Crippen LogP contribution is 2.27. The molecule has 2 heteroatoms. The van der Waals surface area contributed by atoms with Crippen LogP contribution in [0.25, 0.3) is 43.6 Å². The largest absolute Gasteiger partial charge is 0.228 e. The fraction of sp³-hybridized carbons (Fsp3) is 0. The fourth-order valence-corrected chi connectivity index (χ4v) is 3.10. The molecular weight excluding hydrogens is 268 g/mol. The lowest BCUT2D eigenvalue weighted by molar-refractivity contribution is 1.38. The molecule has 0 saturated heterocycles. The summed E-state index contributed by atoms with van der Waals surface area (Å²) in [6.07, 6.45) is 0. The van der Waals surface area contributed by atoms with Gasteiger partial charge in [0.25, 0.3) is 0 Å². The summed E-state index contributed by atoms with van der Waals surface area (Å²) in [6.45, 7) is 0. The van der Waals surface area contributed by atoms with Crippen LogP contribution < -0.4 is 0 Å². The lowest BCUT2D eigenvalue weighted by Gasteiger charge is -2.06. The number of hydrogen-bond donors (Lipinski definition) is 0. The normalized spacial score (nSPS) is 11.6. The number of rotatable bonds is 0. The van der Waals surface area contributed by atoms with Crippen molar-refractivity contribution in [2.45, 2.75) is 0 Å². The van der Waals surface area contributed by atoms with Gasteiger partial charge in [-0.15, -0.1) is 0 Å². The maximum atomic E-state index is 4.84. The Hall–Kier alpha value is -3.00. The molecule has 22 heavy (non-hydrogen) atoms. The van der Waals surface area contributed by atoms with Crippen molar-refractivity contribution in [2.24, 2.45) is 0 Å². The molecule has 0 radical (unpaired) electrons. The van der Waals surface area contributed by atoms with Crippen LogP contribution >= 0.6 is 0 Å². The quantitative estimate of drug-likeness (QED) is 0.292. The number of fused-ring (bicyclic) bond motifs is 5. The Morgan fingerprint density at radius 2 is 1.27 bits per heavy atom. The minimum atomic E-state index is 0.808. The van der Waals surface area contributed by atoms with Gasteiger partial charge in [0, 0.05) is 21.5 Å². The molecule has 5 aromatic rings. The van der Waals surface area contributed by atoms with E-state index < -0.39 is 0 Å². The van der Waals surface area contributed by atoms with Crippen LogP contribution in [0.2, 0.25) is 0 Å². The van der Waals surface area contributed by atoms with Crippen molar-refractivity contribution in [1.29, 1.82) is 0 Å². The van der Waals surface area contributed by atoms with Crippen molar-refractivity contribution in [1.82, 2.24) is 9.97 Å². The summed E-state index contributed by atoms with van der Waals surface area (Å²) in [7, 11) is 0. The van der Waals surface area contributed by atoms with Gasteiger partial charge in [-0.25, -0.2) is 9.97 Å². The summed E-state index contributed by atoms with van der Waals surface area (Å²) < 4.78 is 0. The minimum Gasteiger partial charge on any atom is -0.228 e.